The monoisotopic (exact) mass is 359 g/mol. The number of nitrogens with zero attached hydrogens (tertiary/aromatic N) is 2. The van der Waals surface area contributed by atoms with Crippen molar-refractivity contribution in [1.82, 2.24) is 0 Å². The molecule has 0 radical (unpaired) electrons. The van der Waals surface area contributed by atoms with E-state index in [4.69, 9.17) is 5.73 Å². The Morgan fingerprint density at radius 3 is 2.52 bits per heavy atom. The number of nitrogens with two attached hydrogens (primary N) is 1. The molecule has 4 nitrogen and oxygen atoms in total. The predicted octanol–water partition coefficient (Wildman–Crippen LogP) is 3.08. The standard InChI is InChI=1S/C17H25N3O.2ClH/c1-19-10-5-11-20(16-9-3-2-8-15(16)19)17(21)14-7-4-6-13(14)12-18;;/h2-3,8-9,13-14H,4-7,10-12,18H2,1H3;2*1H/t13-,14-;;/m1../s1. The molecular formula is C17H27Cl2N3O. The number of anilines is 2. The van der Waals surface area contributed by atoms with Gasteiger partial charge in [0.15, 0.2) is 0 Å². The van der Waals surface area contributed by atoms with Crippen molar-refractivity contribution < 1.29 is 4.79 Å². The van der Waals surface area contributed by atoms with Gasteiger partial charge in [0.2, 0.25) is 5.91 Å². The van der Waals surface area contributed by atoms with Gasteiger partial charge in [-0.05, 0) is 43.9 Å². The summed E-state index contributed by atoms with van der Waals surface area (Å²) in [6.07, 6.45) is 4.24. The number of hydrogen-bond donors (Lipinski definition) is 1. The lowest BCUT2D eigenvalue weighted by Gasteiger charge is -2.28. The van der Waals surface area contributed by atoms with E-state index in [0.29, 0.717) is 12.5 Å². The number of fused-ring (bicyclic) bond motifs is 1. The van der Waals surface area contributed by atoms with Crippen LogP contribution >= 0.6 is 24.8 Å². The fraction of sp³-hybridized carbons (Fsp3) is 0.588. The van der Waals surface area contributed by atoms with Gasteiger partial charge in [-0.1, -0.05) is 18.6 Å². The molecule has 0 bridgehead atoms. The largest absolute Gasteiger partial charge is 0.373 e. The van der Waals surface area contributed by atoms with E-state index >= 15 is 0 Å². The Bertz CT molecular complexity index is 526. The lowest BCUT2D eigenvalue weighted by molar-refractivity contribution is -0.123. The summed E-state index contributed by atoms with van der Waals surface area (Å²) in [5.41, 5.74) is 8.08. The second-order valence-electron chi connectivity index (χ2n) is 6.29. The maximum atomic E-state index is 13.0. The molecule has 2 N–H and O–H groups in total. The molecule has 2 aliphatic rings. The quantitative estimate of drug-likeness (QED) is 0.882. The Balaban J connectivity index is 0.00000132. The smallest absolute Gasteiger partial charge is 0.230 e. The third-order valence-electron chi connectivity index (χ3n) is 5.00. The zero-order chi connectivity index (χ0) is 14.8. The number of carbonyl (C=O) groups is 1. The van der Waals surface area contributed by atoms with Crippen LogP contribution in [0.4, 0.5) is 11.4 Å². The summed E-state index contributed by atoms with van der Waals surface area (Å²) in [4.78, 5) is 17.3. The Hall–Kier alpha value is -0.970. The molecule has 0 unspecified atom stereocenters. The number of halogens is 2. The average molecular weight is 360 g/mol. The molecule has 1 aromatic rings. The summed E-state index contributed by atoms with van der Waals surface area (Å²) in [7, 11) is 2.10. The van der Waals surface area contributed by atoms with E-state index in [1.165, 1.54) is 0 Å². The number of benzene rings is 1. The van der Waals surface area contributed by atoms with Crippen LogP contribution in [0.3, 0.4) is 0 Å². The van der Waals surface area contributed by atoms with E-state index in [9.17, 15) is 4.79 Å². The van der Waals surface area contributed by atoms with Gasteiger partial charge in [0.05, 0.1) is 11.4 Å². The van der Waals surface area contributed by atoms with Crippen LogP contribution < -0.4 is 15.5 Å². The Morgan fingerprint density at radius 1 is 1.13 bits per heavy atom. The van der Waals surface area contributed by atoms with Crippen LogP contribution in [0.15, 0.2) is 24.3 Å². The van der Waals surface area contributed by atoms with Gasteiger partial charge < -0.3 is 15.5 Å². The summed E-state index contributed by atoms with van der Waals surface area (Å²) in [5, 5.41) is 0. The van der Waals surface area contributed by atoms with Crippen molar-refractivity contribution in [2.24, 2.45) is 17.6 Å². The number of rotatable bonds is 2. The summed E-state index contributed by atoms with van der Waals surface area (Å²) < 4.78 is 0. The SMILES string of the molecule is CN1CCCN(C(=O)[C@@H]2CCC[C@@H]2CN)c2ccccc21.Cl.Cl. The Morgan fingerprint density at radius 2 is 1.83 bits per heavy atom. The molecular weight excluding hydrogens is 333 g/mol. The summed E-state index contributed by atoms with van der Waals surface area (Å²) >= 11 is 0. The lowest BCUT2D eigenvalue weighted by atomic mass is 9.94. The van der Waals surface area contributed by atoms with E-state index in [1.54, 1.807) is 0 Å². The van der Waals surface area contributed by atoms with Gasteiger partial charge in [-0.25, -0.2) is 0 Å². The minimum Gasteiger partial charge on any atom is -0.373 e. The molecule has 1 aromatic carbocycles. The zero-order valence-electron chi connectivity index (χ0n) is 13.6. The van der Waals surface area contributed by atoms with Crippen LogP contribution in [0.25, 0.3) is 0 Å². The Kier molecular flexibility index (Phi) is 7.65. The molecule has 0 aromatic heterocycles. The van der Waals surface area contributed by atoms with Gasteiger partial charge in [0, 0.05) is 26.1 Å². The van der Waals surface area contributed by atoms with Crippen LogP contribution in [-0.2, 0) is 4.79 Å². The van der Waals surface area contributed by atoms with Gasteiger partial charge in [0.25, 0.3) is 0 Å². The molecule has 1 saturated carbocycles. The fourth-order valence-corrected chi connectivity index (χ4v) is 3.80. The number of hydrogen-bond acceptors (Lipinski definition) is 3. The molecule has 1 heterocycles. The van der Waals surface area contributed by atoms with Crippen molar-refractivity contribution in [3.63, 3.8) is 0 Å². The van der Waals surface area contributed by atoms with Gasteiger partial charge >= 0.3 is 0 Å². The highest BCUT2D eigenvalue weighted by Crippen LogP contribution is 2.37. The van der Waals surface area contributed by atoms with Crippen molar-refractivity contribution in [1.29, 1.82) is 0 Å². The summed E-state index contributed by atoms with van der Waals surface area (Å²) in [5.74, 6) is 0.766. The van der Waals surface area contributed by atoms with Crippen LogP contribution in [-0.4, -0.2) is 32.6 Å². The van der Waals surface area contributed by atoms with E-state index < -0.39 is 0 Å². The number of carbonyl (C=O) groups excluding carboxylic acids is 1. The molecule has 3 rings (SSSR count). The van der Waals surface area contributed by atoms with Crippen LogP contribution in [0, 0.1) is 11.8 Å². The van der Waals surface area contributed by atoms with Crippen molar-refractivity contribution >= 4 is 42.1 Å². The topological polar surface area (TPSA) is 49.6 Å². The minimum atomic E-state index is 0. The molecule has 1 fully saturated rings. The molecule has 130 valence electrons. The second-order valence-corrected chi connectivity index (χ2v) is 6.29. The van der Waals surface area contributed by atoms with Crippen LogP contribution in [0.2, 0.25) is 0 Å². The van der Waals surface area contributed by atoms with Gasteiger partial charge in [-0.15, -0.1) is 24.8 Å². The normalized spacial score (nSPS) is 23.4. The first kappa shape index (κ1) is 20.1. The van der Waals surface area contributed by atoms with Crippen LogP contribution in [0.5, 0.6) is 0 Å². The van der Waals surface area contributed by atoms with E-state index in [2.05, 4.69) is 24.1 Å². The summed E-state index contributed by atoms with van der Waals surface area (Å²) in [6.45, 7) is 2.44. The Labute approximate surface area is 151 Å². The van der Waals surface area contributed by atoms with Crippen molar-refractivity contribution in [2.75, 3.05) is 36.5 Å². The van der Waals surface area contributed by atoms with E-state index in [1.807, 2.05) is 17.0 Å². The lowest BCUT2D eigenvalue weighted by Crippen LogP contribution is -2.39. The van der Waals surface area contributed by atoms with Gasteiger partial charge in [-0.3, -0.25) is 4.79 Å². The van der Waals surface area contributed by atoms with Crippen molar-refractivity contribution in [3.05, 3.63) is 24.3 Å². The zero-order valence-corrected chi connectivity index (χ0v) is 15.2. The molecule has 1 amide bonds. The van der Waals surface area contributed by atoms with Crippen molar-refractivity contribution in [2.45, 2.75) is 25.7 Å². The predicted molar refractivity (Wildman–Crippen MR) is 101 cm³/mol. The van der Waals surface area contributed by atoms with Crippen LogP contribution in [0.1, 0.15) is 25.7 Å². The van der Waals surface area contributed by atoms with E-state index in [-0.39, 0.29) is 36.6 Å². The molecule has 1 aliphatic heterocycles. The minimum absolute atomic E-state index is 0. The number of amides is 1. The third-order valence-corrected chi connectivity index (χ3v) is 5.00. The maximum absolute atomic E-state index is 13.0. The maximum Gasteiger partial charge on any atom is 0.230 e. The second kappa shape index (κ2) is 8.76. The van der Waals surface area contributed by atoms with Gasteiger partial charge in [-0.2, -0.15) is 0 Å². The van der Waals surface area contributed by atoms with Crippen molar-refractivity contribution in [3.8, 4) is 0 Å². The molecule has 0 spiro atoms. The summed E-state index contributed by atoms with van der Waals surface area (Å²) in [6, 6.07) is 8.24. The highest BCUT2D eigenvalue weighted by molar-refractivity contribution is 5.98. The molecule has 2 atom stereocenters. The molecule has 0 saturated heterocycles. The highest BCUT2D eigenvalue weighted by atomic mass is 35.5. The molecule has 6 heteroatoms. The van der Waals surface area contributed by atoms with E-state index in [0.717, 1.165) is 50.1 Å². The molecule has 1 aliphatic carbocycles. The number of para-hydroxylation sites is 2. The molecule has 23 heavy (non-hydrogen) atoms. The fourth-order valence-electron chi connectivity index (χ4n) is 3.80. The third kappa shape index (κ3) is 3.93. The average Bonchev–Trinajstić information content (AvgIpc) is 2.93. The first-order valence-corrected chi connectivity index (χ1v) is 8.04. The first-order valence-electron chi connectivity index (χ1n) is 8.04. The first-order chi connectivity index (χ1) is 10.2. The highest BCUT2D eigenvalue weighted by Gasteiger charge is 2.36. The van der Waals surface area contributed by atoms with Gasteiger partial charge in [0.1, 0.15) is 0 Å².